The number of hydrogen-bond donors (Lipinski definition) is 1. The first-order chi connectivity index (χ1) is 13.3. The third kappa shape index (κ3) is 3.40. The number of rotatable bonds is 5. The first kappa shape index (κ1) is 21.2. The first-order valence-electron chi connectivity index (χ1n) is 13.0. The van der Waals surface area contributed by atoms with Crippen LogP contribution in [-0.4, -0.2) is 6.04 Å². The highest BCUT2D eigenvalue weighted by Crippen LogP contribution is 2.68. The van der Waals surface area contributed by atoms with Crippen molar-refractivity contribution in [1.29, 1.82) is 0 Å². The van der Waals surface area contributed by atoms with Crippen LogP contribution in [0.15, 0.2) is 0 Å². The van der Waals surface area contributed by atoms with Crippen molar-refractivity contribution in [2.45, 2.75) is 118 Å². The van der Waals surface area contributed by atoms with E-state index in [1.807, 2.05) is 0 Å². The zero-order valence-electron chi connectivity index (χ0n) is 19.7. The summed E-state index contributed by atoms with van der Waals surface area (Å²) in [6, 6.07) is 0.458. The summed E-state index contributed by atoms with van der Waals surface area (Å²) >= 11 is 0. The monoisotopic (exact) mass is 387 g/mol. The van der Waals surface area contributed by atoms with Gasteiger partial charge in [-0.3, -0.25) is 0 Å². The third-order valence-corrected chi connectivity index (χ3v) is 10.8. The molecule has 0 radical (unpaired) electrons. The molecule has 2 N–H and O–H groups in total. The lowest BCUT2D eigenvalue weighted by Crippen LogP contribution is -2.53. The van der Waals surface area contributed by atoms with E-state index in [0.29, 0.717) is 16.9 Å². The molecule has 0 amide bonds. The maximum atomic E-state index is 6.94. The molecule has 4 aliphatic rings. The Balaban J connectivity index is 1.51. The molecular weight excluding hydrogens is 338 g/mol. The number of hydrogen-bond acceptors (Lipinski definition) is 1. The minimum absolute atomic E-state index is 0.458. The van der Waals surface area contributed by atoms with Gasteiger partial charge in [-0.1, -0.05) is 66.7 Å². The number of nitrogens with two attached hydrogens (primary N) is 1. The fourth-order valence-corrected chi connectivity index (χ4v) is 9.53. The fraction of sp³-hybridized carbons (Fsp3) is 1.00. The quantitative estimate of drug-likeness (QED) is 0.521. The van der Waals surface area contributed by atoms with Crippen LogP contribution in [0, 0.1) is 52.3 Å². The first-order valence-corrected chi connectivity index (χ1v) is 13.0. The van der Waals surface area contributed by atoms with Gasteiger partial charge in [-0.2, -0.15) is 0 Å². The van der Waals surface area contributed by atoms with Crippen LogP contribution in [0.5, 0.6) is 0 Å². The zero-order valence-corrected chi connectivity index (χ0v) is 19.7. The zero-order chi connectivity index (χ0) is 20.1. The Morgan fingerprint density at radius 1 is 0.857 bits per heavy atom. The van der Waals surface area contributed by atoms with E-state index in [1.54, 1.807) is 0 Å². The van der Waals surface area contributed by atoms with Crippen molar-refractivity contribution in [3.63, 3.8) is 0 Å². The second kappa shape index (κ2) is 7.90. The van der Waals surface area contributed by atoms with Crippen molar-refractivity contribution < 1.29 is 0 Å². The summed E-state index contributed by atoms with van der Waals surface area (Å²) in [7, 11) is 0. The second-order valence-corrected chi connectivity index (χ2v) is 12.7. The second-order valence-electron chi connectivity index (χ2n) is 12.7. The van der Waals surface area contributed by atoms with Gasteiger partial charge < -0.3 is 5.73 Å². The van der Waals surface area contributed by atoms with Gasteiger partial charge in [0.25, 0.3) is 0 Å². The van der Waals surface area contributed by atoms with Crippen LogP contribution in [0.3, 0.4) is 0 Å². The van der Waals surface area contributed by atoms with E-state index in [1.165, 1.54) is 77.0 Å². The summed E-state index contributed by atoms with van der Waals surface area (Å²) < 4.78 is 0. The third-order valence-electron chi connectivity index (χ3n) is 10.8. The molecule has 0 aliphatic heterocycles. The van der Waals surface area contributed by atoms with Gasteiger partial charge in [0.05, 0.1) is 0 Å². The Labute approximate surface area is 176 Å². The lowest BCUT2D eigenvalue weighted by atomic mass is 9.44. The highest BCUT2D eigenvalue weighted by molar-refractivity contribution is 5.12. The van der Waals surface area contributed by atoms with Crippen LogP contribution >= 0.6 is 0 Å². The minimum atomic E-state index is 0.458. The van der Waals surface area contributed by atoms with Gasteiger partial charge in [-0.05, 0) is 97.2 Å². The normalized spacial score (nSPS) is 49.4. The molecule has 4 fully saturated rings. The molecule has 0 heterocycles. The fourth-order valence-electron chi connectivity index (χ4n) is 9.53. The van der Waals surface area contributed by atoms with Crippen LogP contribution in [0.1, 0.15) is 112 Å². The van der Waals surface area contributed by atoms with Crippen molar-refractivity contribution in [1.82, 2.24) is 0 Å². The van der Waals surface area contributed by atoms with Gasteiger partial charge in [0.1, 0.15) is 0 Å². The Kier molecular flexibility index (Phi) is 5.98. The molecule has 2 unspecified atom stereocenters. The van der Waals surface area contributed by atoms with Crippen LogP contribution in [-0.2, 0) is 0 Å². The Morgan fingerprint density at radius 3 is 2.39 bits per heavy atom. The van der Waals surface area contributed by atoms with Crippen molar-refractivity contribution >= 4 is 0 Å². The van der Waals surface area contributed by atoms with Crippen LogP contribution in [0.2, 0.25) is 0 Å². The summed E-state index contributed by atoms with van der Waals surface area (Å²) in [5, 5.41) is 0. The van der Waals surface area contributed by atoms with E-state index in [4.69, 9.17) is 5.73 Å². The summed E-state index contributed by atoms with van der Waals surface area (Å²) in [6.45, 7) is 12.7. The molecule has 0 bridgehead atoms. The van der Waals surface area contributed by atoms with Crippen molar-refractivity contribution in [3.8, 4) is 0 Å². The minimum Gasteiger partial charge on any atom is -0.327 e. The SMILES string of the molecule is CC(C)CCC[C@@H](C)[C@H]1C(N)C[C@H]2[C@@H]3CCC4CCCC[C@]4(C)[C@H]3CC[C@]12C. The molecule has 1 nitrogen and oxygen atoms in total. The van der Waals surface area contributed by atoms with Crippen LogP contribution < -0.4 is 5.73 Å². The average Bonchev–Trinajstić information content (AvgIpc) is 2.91. The Bertz CT molecular complexity index is 540. The highest BCUT2D eigenvalue weighted by Gasteiger charge is 2.61. The molecule has 162 valence electrons. The molecule has 4 aliphatic carbocycles. The predicted octanol–water partition coefficient (Wildman–Crippen LogP) is 7.44. The largest absolute Gasteiger partial charge is 0.327 e. The van der Waals surface area contributed by atoms with E-state index in [-0.39, 0.29) is 0 Å². The molecular formula is C27H49N. The van der Waals surface area contributed by atoms with E-state index in [2.05, 4.69) is 34.6 Å². The van der Waals surface area contributed by atoms with Crippen molar-refractivity contribution in [2.24, 2.45) is 58.0 Å². The summed E-state index contributed by atoms with van der Waals surface area (Å²) in [6.07, 6.45) is 17.6. The molecule has 1 heteroatoms. The van der Waals surface area contributed by atoms with Gasteiger partial charge in [0.2, 0.25) is 0 Å². The summed E-state index contributed by atoms with van der Waals surface area (Å²) in [5.74, 6) is 6.36. The topological polar surface area (TPSA) is 26.0 Å². The van der Waals surface area contributed by atoms with E-state index in [9.17, 15) is 0 Å². The van der Waals surface area contributed by atoms with Crippen LogP contribution in [0.4, 0.5) is 0 Å². The average molecular weight is 388 g/mol. The Hall–Kier alpha value is -0.0400. The van der Waals surface area contributed by atoms with Gasteiger partial charge >= 0.3 is 0 Å². The molecule has 0 aromatic carbocycles. The maximum Gasteiger partial charge on any atom is 0.00779 e. The summed E-state index contributed by atoms with van der Waals surface area (Å²) in [4.78, 5) is 0. The molecule has 28 heavy (non-hydrogen) atoms. The Morgan fingerprint density at radius 2 is 1.64 bits per heavy atom. The molecule has 0 aromatic rings. The smallest absolute Gasteiger partial charge is 0.00779 e. The van der Waals surface area contributed by atoms with Gasteiger partial charge in [-0.15, -0.1) is 0 Å². The molecule has 4 saturated carbocycles. The molecule has 9 atom stereocenters. The molecule has 0 saturated heterocycles. The van der Waals surface area contributed by atoms with Crippen molar-refractivity contribution in [2.75, 3.05) is 0 Å². The van der Waals surface area contributed by atoms with E-state index < -0.39 is 0 Å². The summed E-state index contributed by atoms with van der Waals surface area (Å²) in [5.41, 5.74) is 8.13. The maximum absolute atomic E-state index is 6.94. The highest BCUT2D eigenvalue weighted by atomic mass is 14.8. The molecule has 4 rings (SSSR count). The lowest BCUT2D eigenvalue weighted by molar-refractivity contribution is -0.114. The van der Waals surface area contributed by atoms with Crippen molar-refractivity contribution in [3.05, 3.63) is 0 Å². The predicted molar refractivity (Wildman–Crippen MR) is 121 cm³/mol. The molecule has 0 aromatic heterocycles. The van der Waals surface area contributed by atoms with E-state index in [0.717, 1.165) is 41.4 Å². The number of fused-ring (bicyclic) bond motifs is 5. The van der Waals surface area contributed by atoms with Gasteiger partial charge in [0.15, 0.2) is 0 Å². The van der Waals surface area contributed by atoms with Crippen LogP contribution in [0.25, 0.3) is 0 Å². The molecule has 0 spiro atoms. The van der Waals surface area contributed by atoms with Gasteiger partial charge in [-0.25, -0.2) is 0 Å². The van der Waals surface area contributed by atoms with Gasteiger partial charge in [0, 0.05) is 6.04 Å². The van der Waals surface area contributed by atoms with E-state index >= 15 is 0 Å². The standard InChI is InChI=1S/C27H49N/c1-18(2)9-8-10-19(3)25-24(28)17-23-21-13-12-20-11-6-7-15-26(20,4)22(21)14-16-27(23,25)5/h18-25H,6-17,28H2,1-5H3/t19-,20?,21-,22+,23+,24?,25+,26+,27+/m1/s1. The lowest BCUT2D eigenvalue weighted by Gasteiger charge is -2.60.